The van der Waals surface area contributed by atoms with Gasteiger partial charge in [-0.3, -0.25) is 4.68 Å². The number of nitrogens with zero attached hydrogens (tertiary/aromatic N) is 2. The van der Waals surface area contributed by atoms with Gasteiger partial charge in [-0.05, 0) is 35.8 Å². The zero-order chi connectivity index (χ0) is 13.7. The first-order chi connectivity index (χ1) is 9.27. The van der Waals surface area contributed by atoms with Gasteiger partial charge in [-0.1, -0.05) is 19.3 Å². The average molecular weight is 330 g/mol. The fraction of sp³-hybridized carbons (Fsp3) is 0.786. The van der Waals surface area contributed by atoms with Gasteiger partial charge >= 0.3 is 0 Å². The van der Waals surface area contributed by atoms with Gasteiger partial charge in [0, 0.05) is 19.1 Å². The fourth-order valence-corrected chi connectivity index (χ4v) is 3.67. The number of nitrogens with one attached hydrogen (secondary N) is 1. The number of ether oxygens (including phenoxy) is 1. The van der Waals surface area contributed by atoms with E-state index in [1.54, 1.807) is 7.11 Å². The molecule has 0 spiro atoms. The molecular formula is C14H24BrN3O. The van der Waals surface area contributed by atoms with Crippen molar-refractivity contribution in [1.82, 2.24) is 15.1 Å². The molecule has 1 fully saturated rings. The smallest absolute Gasteiger partial charge is 0.0658 e. The molecule has 0 saturated heterocycles. The van der Waals surface area contributed by atoms with Crippen LogP contribution in [0.4, 0.5) is 0 Å². The fourth-order valence-electron chi connectivity index (χ4n) is 3.08. The lowest BCUT2D eigenvalue weighted by atomic mass is 9.91. The Morgan fingerprint density at radius 2 is 2.21 bits per heavy atom. The zero-order valence-corrected chi connectivity index (χ0v) is 13.4. The third-order valence-electron chi connectivity index (χ3n) is 4.08. The lowest BCUT2D eigenvalue weighted by Gasteiger charge is -2.26. The van der Waals surface area contributed by atoms with Crippen molar-refractivity contribution in [1.29, 1.82) is 0 Å². The van der Waals surface area contributed by atoms with Crippen LogP contribution in [-0.2, 0) is 11.3 Å². The van der Waals surface area contributed by atoms with Crippen LogP contribution in [-0.4, -0.2) is 36.6 Å². The number of likely N-dealkylation sites (N-methyl/N-ethyl adjacent to an activating group) is 1. The minimum absolute atomic E-state index is 0.543. The summed E-state index contributed by atoms with van der Waals surface area (Å²) in [5.74, 6) is 0.543. The molecule has 4 nitrogen and oxygen atoms in total. The predicted molar refractivity (Wildman–Crippen MR) is 80.5 cm³/mol. The summed E-state index contributed by atoms with van der Waals surface area (Å²) in [6, 6.07) is 0.553. The van der Waals surface area contributed by atoms with Crippen LogP contribution in [0.1, 0.15) is 43.7 Å². The Hall–Kier alpha value is -0.390. The van der Waals surface area contributed by atoms with Crippen molar-refractivity contribution in [3.8, 4) is 0 Å². The Bertz CT molecular complexity index is 394. The molecule has 2 atom stereocenters. The van der Waals surface area contributed by atoms with E-state index in [2.05, 4.69) is 38.1 Å². The van der Waals surface area contributed by atoms with Crippen LogP contribution in [0, 0.1) is 0 Å². The first-order valence-corrected chi connectivity index (χ1v) is 7.94. The van der Waals surface area contributed by atoms with E-state index in [9.17, 15) is 0 Å². The molecule has 0 amide bonds. The van der Waals surface area contributed by atoms with E-state index in [1.165, 1.54) is 37.8 Å². The minimum Gasteiger partial charge on any atom is -0.383 e. The largest absolute Gasteiger partial charge is 0.383 e. The zero-order valence-electron chi connectivity index (χ0n) is 11.9. The summed E-state index contributed by atoms with van der Waals surface area (Å²) >= 11 is 3.67. The van der Waals surface area contributed by atoms with Crippen LogP contribution in [0.25, 0.3) is 0 Å². The molecule has 1 aromatic heterocycles. The molecule has 1 aliphatic rings. The third kappa shape index (κ3) is 3.58. The number of rotatable bonds is 5. The second kappa shape index (κ2) is 7.41. The van der Waals surface area contributed by atoms with Crippen molar-refractivity contribution >= 4 is 15.9 Å². The lowest BCUT2D eigenvalue weighted by Crippen LogP contribution is -2.33. The molecule has 0 aromatic carbocycles. The highest BCUT2D eigenvalue weighted by Crippen LogP contribution is 2.35. The van der Waals surface area contributed by atoms with Crippen LogP contribution in [0.15, 0.2) is 10.7 Å². The number of hydrogen-bond acceptors (Lipinski definition) is 3. The first-order valence-electron chi connectivity index (χ1n) is 7.15. The maximum Gasteiger partial charge on any atom is 0.0658 e. The van der Waals surface area contributed by atoms with E-state index < -0.39 is 0 Å². The number of halogens is 1. The second-order valence-corrected chi connectivity index (χ2v) is 6.09. The van der Waals surface area contributed by atoms with Gasteiger partial charge < -0.3 is 10.1 Å². The number of methoxy groups -OCH3 is 1. The van der Waals surface area contributed by atoms with E-state index in [1.807, 2.05) is 6.20 Å². The molecule has 0 radical (unpaired) electrons. The Labute approximate surface area is 124 Å². The Morgan fingerprint density at radius 3 is 2.95 bits per heavy atom. The molecule has 1 N–H and O–H groups in total. The topological polar surface area (TPSA) is 39.1 Å². The third-order valence-corrected chi connectivity index (χ3v) is 4.69. The lowest BCUT2D eigenvalue weighted by molar-refractivity contribution is 0.181. The van der Waals surface area contributed by atoms with Crippen LogP contribution < -0.4 is 5.32 Å². The van der Waals surface area contributed by atoms with Crippen molar-refractivity contribution < 1.29 is 4.74 Å². The Morgan fingerprint density at radius 1 is 1.42 bits per heavy atom. The van der Waals surface area contributed by atoms with E-state index in [-0.39, 0.29) is 0 Å². The first kappa shape index (κ1) is 15.0. The molecule has 19 heavy (non-hydrogen) atoms. The van der Waals surface area contributed by atoms with Gasteiger partial charge in [-0.25, -0.2) is 0 Å². The van der Waals surface area contributed by atoms with Crippen molar-refractivity contribution in [2.75, 3.05) is 20.8 Å². The minimum atomic E-state index is 0.543. The highest BCUT2D eigenvalue weighted by molar-refractivity contribution is 9.10. The van der Waals surface area contributed by atoms with Gasteiger partial charge in [0.25, 0.3) is 0 Å². The highest BCUT2D eigenvalue weighted by Gasteiger charge is 2.28. The van der Waals surface area contributed by atoms with Crippen molar-refractivity contribution in [3.63, 3.8) is 0 Å². The monoisotopic (exact) mass is 329 g/mol. The van der Waals surface area contributed by atoms with E-state index in [4.69, 9.17) is 4.74 Å². The maximum atomic E-state index is 5.18. The maximum absolute atomic E-state index is 5.18. The highest BCUT2D eigenvalue weighted by atomic mass is 79.9. The molecule has 1 heterocycles. The molecule has 0 aliphatic heterocycles. The van der Waals surface area contributed by atoms with Crippen LogP contribution >= 0.6 is 15.9 Å². The van der Waals surface area contributed by atoms with Gasteiger partial charge in [-0.15, -0.1) is 0 Å². The Kier molecular flexibility index (Phi) is 5.85. The van der Waals surface area contributed by atoms with Gasteiger partial charge in [0.05, 0.1) is 29.5 Å². The normalized spacial score (nSPS) is 24.4. The van der Waals surface area contributed by atoms with Gasteiger partial charge in [-0.2, -0.15) is 5.10 Å². The van der Waals surface area contributed by atoms with Crippen LogP contribution in [0.5, 0.6) is 0 Å². The summed E-state index contributed by atoms with van der Waals surface area (Å²) in [6.07, 6.45) is 8.39. The molecule has 1 aliphatic carbocycles. The molecule has 5 heteroatoms. The molecular weight excluding hydrogens is 306 g/mol. The SMILES string of the molecule is CNC1CCCCCC1c1c(Br)cnn1CCOC. The molecule has 0 bridgehead atoms. The molecule has 2 unspecified atom stereocenters. The van der Waals surface area contributed by atoms with Gasteiger partial charge in [0.15, 0.2) is 0 Å². The van der Waals surface area contributed by atoms with E-state index in [0.717, 1.165) is 11.0 Å². The van der Waals surface area contributed by atoms with Gasteiger partial charge in [0.1, 0.15) is 0 Å². The summed E-state index contributed by atoms with van der Waals surface area (Å²) in [6.45, 7) is 1.53. The van der Waals surface area contributed by atoms with Gasteiger partial charge in [0.2, 0.25) is 0 Å². The summed E-state index contributed by atoms with van der Waals surface area (Å²) in [4.78, 5) is 0. The summed E-state index contributed by atoms with van der Waals surface area (Å²) in [7, 11) is 3.81. The van der Waals surface area contributed by atoms with Crippen molar-refractivity contribution in [3.05, 3.63) is 16.4 Å². The summed E-state index contributed by atoms with van der Waals surface area (Å²) < 4.78 is 8.42. The average Bonchev–Trinajstić information content (AvgIpc) is 2.64. The van der Waals surface area contributed by atoms with E-state index >= 15 is 0 Å². The standard InChI is InChI=1S/C14H24BrN3O/c1-16-13-7-5-3-4-6-11(13)14-12(15)10-17-18(14)8-9-19-2/h10-11,13,16H,3-9H2,1-2H3. The van der Waals surface area contributed by atoms with Crippen molar-refractivity contribution in [2.24, 2.45) is 0 Å². The molecule has 1 aromatic rings. The molecule has 1 saturated carbocycles. The quantitative estimate of drug-likeness (QED) is 0.844. The summed E-state index contributed by atoms with van der Waals surface area (Å²) in [5, 5.41) is 7.99. The summed E-state index contributed by atoms with van der Waals surface area (Å²) in [5.41, 5.74) is 1.33. The number of aromatic nitrogens is 2. The second-order valence-electron chi connectivity index (χ2n) is 5.23. The Balaban J connectivity index is 2.24. The molecule has 2 rings (SSSR count). The van der Waals surface area contributed by atoms with Crippen LogP contribution in [0.2, 0.25) is 0 Å². The number of hydrogen-bond donors (Lipinski definition) is 1. The predicted octanol–water partition coefficient (Wildman–Crippen LogP) is 2.93. The molecule has 108 valence electrons. The van der Waals surface area contributed by atoms with Crippen LogP contribution in [0.3, 0.4) is 0 Å². The van der Waals surface area contributed by atoms with E-state index in [0.29, 0.717) is 18.6 Å². The van der Waals surface area contributed by atoms with Crippen molar-refractivity contribution in [2.45, 2.75) is 50.6 Å².